The van der Waals surface area contributed by atoms with Crippen molar-refractivity contribution in [3.05, 3.63) is 48.0 Å². The van der Waals surface area contributed by atoms with Crippen LogP contribution in [0.2, 0.25) is 0 Å². The Morgan fingerprint density at radius 1 is 1.07 bits per heavy atom. The van der Waals surface area contributed by atoms with Gasteiger partial charge in [0.2, 0.25) is 11.8 Å². The van der Waals surface area contributed by atoms with E-state index in [9.17, 15) is 13.6 Å². The highest BCUT2D eigenvalue weighted by atomic mass is 32.2. The summed E-state index contributed by atoms with van der Waals surface area (Å²) < 4.78 is 42.0. The Labute approximate surface area is 163 Å². The predicted molar refractivity (Wildman–Crippen MR) is 98.5 cm³/mol. The number of benzene rings is 2. The van der Waals surface area contributed by atoms with Gasteiger partial charge in [-0.1, -0.05) is 11.8 Å². The molecule has 0 aliphatic carbocycles. The van der Waals surface area contributed by atoms with Gasteiger partial charge in [0.05, 0.1) is 20.0 Å². The quantitative estimate of drug-likeness (QED) is 0.597. The average Bonchev–Trinajstić information content (AvgIpc) is 3.17. The molecule has 7 nitrogen and oxygen atoms in total. The van der Waals surface area contributed by atoms with E-state index in [1.807, 2.05) is 0 Å². The third-order valence-electron chi connectivity index (χ3n) is 3.57. The van der Waals surface area contributed by atoms with Gasteiger partial charge in [-0.2, -0.15) is 0 Å². The Hall–Kier alpha value is -3.14. The van der Waals surface area contributed by atoms with E-state index in [1.165, 1.54) is 20.3 Å². The van der Waals surface area contributed by atoms with Crippen molar-refractivity contribution in [1.82, 2.24) is 10.2 Å². The highest BCUT2D eigenvalue weighted by Crippen LogP contribution is 2.32. The van der Waals surface area contributed by atoms with E-state index in [0.29, 0.717) is 17.1 Å². The minimum absolute atomic E-state index is 0.0490. The lowest BCUT2D eigenvalue weighted by atomic mass is 10.2. The van der Waals surface area contributed by atoms with Gasteiger partial charge in [-0.15, -0.1) is 10.2 Å². The van der Waals surface area contributed by atoms with Crippen LogP contribution in [0, 0.1) is 11.6 Å². The van der Waals surface area contributed by atoms with E-state index in [0.717, 1.165) is 23.9 Å². The van der Waals surface area contributed by atoms with Crippen molar-refractivity contribution in [1.29, 1.82) is 0 Å². The molecule has 1 heterocycles. The molecule has 10 heteroatoms. The van der Waals surface area contributed by atoms with E-state index in [-0.39, 0.29) is 22.6 Å². The molecule has 0 aliphatic rings. The van der Waals surface area contributed by atoms with Gasteiger partial charge in [-0.3, -0.25) is 4.79 Å². The minimum Gasteiger partial charge on any atom is -0.493 e. The highest BCUT2D eigenvalue weighted by molar-refractivity contribution is 7.99. The van der Waals surface area contributed by atoms with Crippen LogP contribution in [-0.4, -0.2) is 36.1 Å². The molecule has 0 aliphatic heterocycles. The first kappa shape index (κ1) is 19.6. The average molecular weight is 407 g/mol. The topological polar surface area (TPSA) is 86.5 Å². The summed E-state index contributed by atoms with van der Waals surface area (Å²) in [7, 11) is 3.05. The van der Waals surface area contributed by atoms with Crippen LogP contribution in [0.15, 0.2) is 46.0 Å². The molecule has 0 atom stereocenters. The first-order valence-corrected chi connectivity index (χ1v) is 8.92. The van der Waals surface area contributed by atoms with E-state index in [2.05, 4.69) is 15.5 Å². The van der Waals surface area contributed by atoms with Gasteiger partial charge in [-0.25, -0.2) is 8.78 Å². The number of ether oxygens (including phenoxy) is 2. The number of carbonyl (C=O) groups is 1. The van der Waals surface area contributed by atoms with Crippen molar-refractivity contribution in [2.75, 3.05) is 25.3 Å². The van der Waals surface area contributed by atoms with Gasteiger partial charge in [0, 0.05) is 17.3 Å². The van der Waals surface area contributed by atoms with E-state index in [4.69, 9.17) is 13.9 Å². The Kier molecular flexibility index (Phi) is 6.09. The van der Waals surface area contributed by atoms with Crippen LogP contribution >= 0.6 is 11.8 Å². The molecule has 1 amide bonds. The zero-order valence-electron chi connectivity index (χ0n) is 14.9. The van der Waals surface area contributed by atoms with Crippen LogP contribution in [0.5, 0.6) is 11.5 Å². The summed E-state index contributed by atoms with van der Waals surface area (Å²) in [5.41, 5.74) is 0.782. The molecule has 0 unspecified atom stereocenters. The summed E-state index contributed by atoms with van der Waals surface area (Å²) >= 11 is 1.01. The highest BCUT2D eigenvalue weighted by Gasteiger charge is 2.14. The lowest BCUT2D eigenvalue weighted by Crippen LogP contribution is -2.14. The molecule has 0 saturated carbocycles. The maximum atomic E-state index is 13.2. The lowest BCUT2D eigenvalue weighted by Gasteiger charge is -2.07. The largest absolute Gasteiger partial charge is 0.493 e. The van der Waals surface area contributed by atoms with Gasteiger partial charge < -0.3 is 19.2 Å². The zero-order valence-corrected chi connectivity index (χ0v) is 15.7. The molecule has 0 saturated heterocycles. The molecule has 1 aromatic heterocycles. The van der Waals surface area contributed by atoms with Crippen molar-refractivity contribution in [2.24, 2.45) is 0 Å². The fraction of sp³-hybridized carbons (Fsp3) is 0.167. The van der Waals surface area contributed by atoms with E-state index < -0.39 is 17.5 Å². The molecule has 28 heavy (non-hydrogen) atoms. The van der Waals surface area contributed by atoms with Crippen molar-refractivity contribution < 1.29 is 27.5 Å². The zero-order chi connectivity index (χ0) is 20.1. The molecule has 3 aromatic rings. The number of nitrogens with one attached hydrogen (secondary N) is 1. The summed E-state index contributed by atoms with van der Waals surface area (Å²) in [5, 5.41) is 10.5. The summed E-state index contributed by atoms with van der Waals surface area (Å²) in [4.78, 5) is 11.9. The number of rotatable bonds is 7. The van der Waals surface area contributed by atoms with Crippen LogP contribution in [-0.2, 0) is 4.79 Å². The molecule has 146 valence electrons. The van der Waals surface area contributed by atoms with E-state index >= 15 is 0 Å². The molecular weight excluding hydrogens is 392 g/mol. The fourth-order valence-corrected chi connectivity index (χ4v) is 2.82. The number of nitrogens with zero attached hydrogens (tertiary/aromatic N) is 2. The maximum Gasteiger partial charge on any atom is 0.277 e. The molecule has 0 bridgehead atoms. The smallest absolute Gasteiger partial charge is 0.277 e. The molecule has 1 N–H and O–H groups in total. The number of anilines is 1. The first-order valence-electron chi connectivity index (χ1n) is 7.93. The summed E-state index contributed by atoms with van der Waals surface area (Å²) in [6.45, 7) is 0. The third-order valence-corrected chi connectivity index (χ3v) is 4.39. The Morgan fingerprint density at radius 2 is 1.86 bits per heavy atom. The second-order valence-corrected chi connectivity index (χ2v) is 6.34. The summed E-state index contributed by atoms with van der Waals surface area (Å²) in [6, 6.07) is 8.24. The molecule has 0 fully saturated rings. The van der Waals surface area contributed by atoms with Crippen LogP contribution in [0.3, 0.4) is 0 Å². The van der Waals surface area contributed by atoms with Gasteiger partial charge in [0.15, 0.2) is 23.1 Å². The first-order chi connectivity index (χ1) is 13.5. The van der Waals surface area contributed by atoms with Crippen LogP contribution in [0.1, 0.15) is 0 Å². The SMILES string of the molecule is COc1ccc(-c2nnc(SCC(=O)Nc3ccc(F)c(F)c3)o2)cc1OC. The molecule has 0 radical (unpaired) electrons. The normalized spacial score (nSPS) is 10.6. The van der Waals surface area contributed by atoms with Gasteiger partial charge in [0.25, 0.3) is 5.22 Å². The van der Waals surface area contributed by atoms with Crippen molar-refractivity contribution >= 4 is 23.4 Å². The van der Waals surface area contributed by atoms with Crippen molar-refractivity contribution in [2.45, 2.75) is 5.22 Å². The number of methoxy groups -OCH3 is 2. The van der Waals surface area contributed by atoms with Gasteiger partial charge in [-0.05, 0) is 30.3 Å². The summed E-state index contributed by atoms with van der Waals surface area (Å²) in [5.74, 6) is -1.17. The number of thioether (sulfide) groups is 1. The van der Waals surface area contributed by atoms with Gasteiger partial charge in [0.1, 0.15) is 0 Å². The monoisotopic (exact) mass is 407 g/mol. The Bertz CT molecular complexity index is 997. The fourth-order valence-electron chi connectivity index (χ4n) is 2.25. The van der Waals surface area contributed by atoms with Crippen LogP contribution < -0.4 is 14.8 Å². The second-order valence-electron chi connectivity index (χ2n) is 5.41. The number of hydrogen-bond donors (Lipinski definition) is 1. The number of hydrogen-bond acceptors (Lipinski definition) is 7. The maximum absolute atomic E-state index is 13.2. The number of halogens is 2. The molecule has 0 spiro atoms. The minimum atomic E-state index is -1.04. The third kappa shape index (κ3) is 4.58. The molecule has 3 rings (SSSR count). The lowest BCUT2D eigenvalue weighted by molar-refractivity contribution is -0.113. The Morgan fingerprint density at radius 3 is 2.57 bits per heavy atom. The van der Waals surface area contributed by atoms with Crippen LogP contribution in [0.25, 0.3) is 11.5 Å². The predicted octanol–water partition coefficient (Wildman–Crippen LogP) is 3.76. The van der Waals surface area contributed by atoms with Crippen LogP contribution in [0.4, 0.5) is 14.5 Å². The van der Waals surface area contributed by atoms with E-state index in [1.54, 1.807) is 18.2 Å². The Balaban J connectivity index is 1.61. The van der Waals surface area contributed by atoms with Crippen molar-refractivity contribution in [3.8, 4) is 23.0 Å². The van der Waals surface area contributed by atoms with Crippen molar-refractivity contribution in [3.63, 3.8) is 0 Å². The number of carbonyl (C=O) groups excluding carboxylic acids is 1. The molecular formula is C18H15F2N3O4S. The number of aromatic nitrogens is 2. The van der Waals surface area contributed by atoms with Gasteiger partial charge >= 0.3 is 0 Å². The standard InChI is InChI=1S/C18H15F2N3O4S/c1-25-14-6-3-10(7-15(14)26-2)17-22-23-18(27-17)28-9-16(24)21-11-4-5-12(19)13(20)8-11/h3-8H,9H2,1-2H3,(H,21,24). The second kappa shape index (κ2) is 8.70. The number of amides is 1. The molecule has 2 aromatic carbocycles. The summed E-state index contributed by atoms with van der Waals surface area (Å²) in [6.07, 6.45) is 0.